The van der Waals surface area contributed by atoms with E-state index in [-0.39, 0.29) is 24.2 Å². The summed E-state index contributed by atoms with van der Waals surface area (Å²) in [5, 5.41) is 2.91. The van der Waals surface area contributed by atoms with E-state index in [2.05, 4.69) is 11.4 Å². The van der Waals surface area contributed by atoms with Gasteiger partial charge < -0.3 is 10.2 Å². The molecule has 2 amide bonds. The fraction of sp³-hybridized carbons (Fsp3) is 0.300. The molecular weight excluding hydrogens is 300 g/mol. The Hall–Kier alpha value is -2.62. The summed E-state index contributed by atoms with van der Waals surface area (Å²) in [7, 11) is 0. The molecule has 1 N–H and O–H groups in total. The van der Waals surface area contributed by atoms with Gasteiger partial charge in [-0.05, 0) is 56.2 Å². The van der Waals surface area contributed by atoms with Crippen LogP contribution in [0.15, 0.2) is 42.5 Å². The van der Waals surface area contributed by atoms with Crippen molar-refractivity contribution in [1.29, 1.82) is 0 Å². The first-order valence-corrected chi connectivity index (χ1v) is 8.18. The van der Waals surface area contributed by atoms with Crippen molar-refractivity contribution >= 4 is 23.2 Å². The summed E-state index contributed by atoms with van der Waals surface area (Å²) in [5.41, 5.74) is 5.02. The van der Waals surface area contributed by atoms with Gasteiger partial charge in [0.2, 0.25) is 11.8 Å². The third-order valence-electron chi connectivity index (χ3n) is 4.33. The van der Waals surface area contributed by atoms with Gasteiger partial charge in [0.1, 0.15) is 0 Å². The van der Waals surface area contributed by atoms with E-state index < -0.39 is 0 Å². The van der Waals surface area contributed by atoms with Crippen LogP contribution in [0.1, 0.15) is 23.1 Å². The van der Waals surface area contributed by atoms with Gasteiger partial charge in [0.15, 0.2) is 0 Å². The van der Waals surface area contributed by atoms with Crippen molar-refractivity contribution in [2.75, 3.05) is 16.8 Å². The standard InChI is InChI=1S/C20H22N2O2/c1-13-4-6-17(7-5-13)21-20(24)16-11-19(23)22(12-16)18-9-14(2)8-15(3)10-18/h4-10,16H,11-12H2,1-3H3,(H,21,24)/t16-/m1/s1. The van der Waals surface area contributed by atoms with Crippen LogP contribution in [0.2, 0.25) is 0 Å². The highest BCUT2D eigenvalue weighted by molar-refractivity contribution is 6.03. The molecule has 3 rings (SSSR count). The summed E-state index contributed by atoms with van der Waals surface area (Å²) in [6.07, 6.45) is 0.255. The fourth-order valence-electron chi connectivity index (χ4n) is 3.12. The average molecular weight is 322 g/mol. The molecule has 4 nitrogen and oxygen atoms in total. The van der Waals surface area contributed by atoms with E-state index in [9.17, 15) is 9.59 Å². The highest BCUT2D eigenvalue weighted by Gasteiger charge is 2.35. The molecule has 1 saturated heterocycles. The maximum absolute atomic E-state index is 12.5. The normalized spacial score (nSPS) is 17.2. The third kappa shape index (κ3) is 3.48. The largest absolute Gasteiger partial charge is 0.326 e. The summed E-state index contributed by atoms with van der Waals surface area (Å²) in [6, 6.07) is 13.7. The Morgan fingerprint density at radius 3 is 2.25 bits per heavy atom. The monoisotopic (exact) mass is 322 g/mol. The first-order valence-electron chi connectivity index (χ1n) is 8.18. The minimum atomic E-state index is -0.320. The quantitative estimate of drug-likeness (QED) is 0.938. The van der Waals surface area contributed by atoms with Crippen molar-refractivity contribution < 1.29 is 9.59 Å². The number of rotatable bonds is 3. The maximum atomic E-state index is 12.5. The number of hydrogen-bond donors (Lipinski definition) is 1. The lowest BCUT2D eigenvalue weighted by Gasteiger charge is -2.18. The number of nitrogens with one attached hydrogen (secondary N) is 1. The summed E-state index contributed by atoms with van der Waals surface area (Å²) >= 11 is 0. The smallest absolute Gasteiger partial charge is 0.229 e. The average Bonchev–Trinajstić information content (AvgIpc) is 2.91. The Kier molecular flexibility index (Phi) is 4.38. The van der Waals surface area contributed by atoms with E-state index in [4.69, 9.17) is 0 Å². The Balaban J connectivity index is 1.71. The molecule has 124 valence electrons. The molecule has 1 atom stereocenters. The van der Waals surface area contributed by atoms with Gasteiger partial charge in [-0.2, -0.15) is 0 Å². The van der Waals surface area contributed by atoms with Crippen molar-refractivity contribution in [1.82, 2.24) is 0 Å². The van der Waals surface area contributed by atoms with Crippen molar-refractivity contribution in [2.45, 2.75) is 27.2 Å². The highest BCUT2D eigenvalue weighted by Crippen LogP contribution is 2.27. The lowest BCUT2D eigenvalue weighted by atomic mass is 10.1. The SMILES string of the molecule is Cc1ccc(NC(=O)[C@@H]2CC(=O)N(c3cc(C)cc(C)c3)C2)cc1. The zero-order valence-electron chi connectivity index (χ0n) is 14.3. The molecule has 0 bridgehead atoms. The zero-order valence-corrected chi connectivity index (χ0v) is 14.3. The Labute approximate surface area is 142 Å². The number of hydrogen-bond acceptors (Lipinski definition) is 2. The zero-order chi connectivity index (χ0) is 17.3. The summed E-state index contributed by atoms with van der Waals surface area (Å²) in [5.74, 6) is -0.414. The van der Waals surface area contributed by atoms with Crippen LogP contribution in [-0.2, 0) is 9.59 Å². The van der Waals surface area contributed by atoms with E-state index in [1.54, 1.807) is 4.90 Å². The predicted octanol–water partition coefficient (Wildman–Crippen LogP) is 3.60. The van der Waals surface area contributed by atoms with Crippen molar-refractivity contribution in [3.05, 3.63) is 59.2 Å². The molecule has 1 fully saturated rings. The topological polar surface area (TPSA) is 49.4 Å². The maximum Gasteiger partial charge on any atom is 0.229 e. The molecule has 2 aromatic carbocycles. The molecule has 4 heteroatoms. The van der Waals surface area contributed by atoms with Gasteiger partial charge in [0.05, 0.1) is 5.92 Å². The molecular formula is C20H22N2O2. The highest BCUT2D eigenvalue weighted by atomic mass is 16.2. The number of aryl methyl sites for hydroxylation is 3. The number of carbonyl (C=O) groups is 2. The second-order valence-corrected chi connectivity index (χ2v) is 6.61. The number of benzene rings is 2. The minimum absolute atomic E-state index is 0.00376. The molecule has 1 aliphatic rings. The molecule has 2 aromatic rings. The van der Waals surface area contributed by atoms with Gasteiger partial charge in [0, 0.05) is 24.3 Å². The van der Waals surface area contributed by atoms with Gasteiger partial charge in [-0.1, -0.05) is 23.8 Å². The van der Waals surface area contributed by atoms with Crippen LogP contribution in [0.4, 0.5) is 11.4 Å². The van der Waals surface area contributed by atoms with Gasteiger partial charge in [-0.15, -0.1) is 0 Å². The molecule has 1 heterocycles. The predicted molar refractivity (Wildman–Crippen MR) is 96.2 cm³/mol. The first-order chi connectivity index (χ1) is 11.4. The van der Waals surface area contributed by atoms with Crippen molar-refractivity contribution in [3.8, 4) is 0 Å². The summed E-state index contributed by atoms with van der Waals surface area (Å²) < 4.78 is 0. The third-order valence-corrected chi connectivity index (χ3v) is 4.33. The lowest BCUT2D eigenvalue weighted by molar-refractivity contribution is -0.122. The van der Waals surface area contributed by atoms with Crippen LogP contribution in [-0.4, -0.2) is 18.4 Å². The summed E-state index contributed by atoms with van der Waals surface area (Å²) in [4.78, 5) is 26.5. The van der Waals surface area contributed by atoms with E-state index >= 15 is 0 Å². The molecule has 0 radical (unpaired) electrons. The second kappa shape index (κ2) is 6.48. The van der Waals surface area contributed by atoms with E-state index in [0.717, 1.165) is 28.1 Å². The number of amides is 2. The molecule has 0 unspecified atom stereocenters. The van der Waals surface area contributed by atoms with Crippen LogP contribution in [0, 0.1) is 26.7 Å². The number of nitrogens with zero attached hydrogens (tertiary/aromatic N) is 1. The van der Waals surface area contributed by atoms with Crippen LogP contribution < -0.4 is 10.2 Å². The Morgan fingerprint density at radius 1 is 1.00 bits per heavy atom. The van der Waals surface area contributed by atoms with Gasteiger partial charge >= 0.3 is 0 Å². The molecule has 1 aliphatic heterocycles. The summed E-state index contributed by atoms with van der Waals surface area (Å²) in [6.45, 7) is 6.46. The van der Waals surface area contributed by atoms with Gasteiger partial charge in [0.25, 0.3) is 0 Å². The van der Waals surface area contributed by atoms with Gasteiger partial charge in [-0.25, -0.2) is 0 Å². The second-order valence-electron chi connectivity index (χ2n) is 6.61. The molecule has 0 saturated carbocycles. The molecule has 0 spiro atoms. The Morgan fingerprint density at radius 2 is 1.62 bits per heavy atom. The molecule has 24 heavy (non-hydrogen) atoms. The van der Waals surface area contributed by atoms with Crippen molar-refractivity contribution in [3.63, 3.8) is 0 Å². The molecule has 0 aliphatic carbocycles. The number of carbonyl (C=O) groups excluding carboxylic acids is 2. The van der Waals surface area contributed by atoms with Crippen LogP contribution in [0.25, 0.3) is 0 Å². The Bertz CT molecular complexity index is 760. The van der Waals surface area contributed by atoms with Crippen molar-refractivity contribution in [2.24, 2.45) is 5.92 Å². The fourth-order valence-corrected chi connectivity index (χ4v) is 3.12. The number of anilines is 2. The van der Waals surface area contributed by atoms with E-state index in [1.807, 2.05) is 57.2 Å². The van der Waals surface area contributed by atoms with Gasteiger partial charge in [-0.3, -0.25) is 9.59 Å². The van der Waals surface area contributed by atoms with Crippen LogP contribution in [0.5, 0.6) is 0 Å². The van der Waals surface area contributed by atoms with E-state index in [0.29, 0.717) is 6.54 Å². The minimum Gasteiger partial charge on any atom is -0.326 e. The lowest BCUT2D eigenvalue weighted by Crippen LogP contribution is -2.28. The molecule has 0 aromatic heterocycles. The first kappa shape index (κ1) is 16.2. The van der Waals surface area contributed by atoms with Crippen LogP contribution >= 0.6 is 0 Å². The van der Waals surface area contributed by atoms with Crippen LogP contribution in [0.3, 0.4) is 0 Å². The van der Waals surface area contributed by atoms with E-state index in [1.165, 1.54) is 0 Å².